The zero-order chi connectivity index (χ0) is 23.8. The fourth-order valence-corrected chi connectivity index (χ4v) is 3.04. The van der Waals surface area contributed by atoms with Crippen molar-refractivity contribution < 1.29 is 19.4 Å². The van der Waals surface area contributed by atoms with Crippen LogP contribution in [0.15, 0.2) is 76.3 Å². The molecule has 0 aliphatic rings. The van der Waals surface area contributed by atoms with Gasteiger partial charge in [0.2, 0.25) is 5.91 Å². The summed E-state index contributed by atoms with van der Waals surface area (Å²) in [6, 6.07) is 18.0. The molecule has 0 atom stereocenters. The minimum atomic E-state index is -0.765. The van der Waals surface area contributed by atoms with E-state index in [1.807, 2.05) is 24.3 Å². The van der Waals surface area contributed by atoms with Crippen LogP contribution in [0.2, 0.25) is 0 Å². The van der Waals surface area contributed by atoms with Crippen LogP contribution in [-0.4, -0.2) is 22.0 Å². The average Bonchev–Trinajstić information content (AvgIpc) is 2.79. The third-order valence-electron chi connectivity index (χ3n) is 4.43. The maximum Gasteiger partial charge on any atom is 0.279 e. The number of nitrogens with zero attached hydrogens (tertiary/aromatic N) is 3. The van der Waals surface area contributed by atoms with E-state index in [-0.39, 0.29) is 12.0 Å². The van der Waals surface area contributed by atoms with Gasteiger partial charge in [-0.1, -0.05) is 28.1 Å². The molecule has 3 aromatic carbocycles. The number of benzene rings is 3. The highest BCUT2D eigenvalue weighted by Crippen LogP contribution is 2.25. The summed E-state index contributed by atoms with van der Waals surface area (Å²) in [6.45, 7) is 0.422. The maximum atomic E-state index is 12.1. The lowest BCUT2D eigenvalue weighted by Crippen LogP contribution is -2.20. The summed E-state index contributed by atoms with van der Waals surface area (Å²) in [5.74, 6) is 0.0715. The van der Waals surface area contributed by atoms with Crippen LogP contribution in [0.1, 0.15) is 16.7 Å². The first kappa shape index (κ1) is 23.5. The Morgan fingerprint density at radius 3 is 2.33 bits per heavy atom. The van der Waals surface area contributed by atoms with Crippen molar-refractivity contribution in [3.05, 3.63) is 108 Å². The van der Waals surface area contributed by atoms with Crippen LogP contribution in [-0.2, 0) is 17.8 Å². The Kier molecular flexibility index (Phi) is 7.82. The molecule has 0 aromatic heterocycles. The van der Waals surface area contributed by atoms with Gasteiger partial charge in [0.25, 0.3) is 11.4 Å². The average molecular weight is 513 g/mol. The molecule has 0 aliphatic heterocycles. The molecular weight excluding hydrogens is 496 g/mol. The van der Waals surface area contributed by atoms with E-state index in [0.717, 1.165) is 22.2 Å². The van der Waals surface area contributed by atoms with E-state index in [1.54, 1.807) is 24.3 Å². The standard InChI is InChI=1S/C22H17BrN4O6/c23-18-6-1-16(2-7-18)14-33-20-9-3-15(4-10-20)13-24-25-22(28)11-17-5-8-19(26(29)30)12-21(17)27(31)32/h1-10,12-13H,11,14H2,(H,25,28). The number of nitrogens with one attached hydrogen (secondary N) is 1. The van der Waals surface area contributed by atoms with Crippen LogP contribution < -0.4 is 10.2 Å². The van der Waals surface area contributed by atoms with Crippen LogP contribution in [0.3, 0.4) is 0 Å². The number of hydrogen-bond donors (Lipinski definition) is 1. The van der Waals surface area contributed by atoms with E-state index in [9.17, 15) is 25.0 Å². The van der Waals surface area contributed by atoms with E-state index in [0.29, 0.717) is 17.9 Å². The number of nitro groups is 2. The molecule has 0 heterocycles. The highest BCUT2D eigenvalue weighted by molar-refractivity contribution is 9.10. The van der Waals surface area contributed by atoms with Crippen molar-refractivity contribution in [1.82, 2.24) is 5.43 Å². The smallest absolute Gasteiger partial charge is 0.279 e. The normalized spacial score (nSPS) is 10.7. The summed E-state index contributed by atoms with van der Waals surface area (Å²) < 4.78 is 6.72. The van der Waals surface area contributed by atoms with Crippen molar-refractivity contribution in [3.8, 4) is 5.75 Å². The molecule has 11 heteroatoms. The van der Waals surface area contributed by atoms with E-state index < -0.39 is 27.1 Å². The summed E-state index contributed by atoms with van der Waals surface area (Å²) in [5.41, 5.74) is 3.14. The van der Waals surface area contributed by atoms with E-state index >= 15 is 0 Å². The second-order valence-electron chi connectivity index (χ2n) is 6.78. The molecule has 0 spiro atoms. The van der Waals surface area contributed by atoms with Gasteiger partial charge in [0, 0.05) is 16.1 Å². The quantitative estimate of drug-likeness (QED) is 0.254. The predicted molar refractivity (Wildman–Crippen MR) is 124 cm³/mol. The summed E-state index contributed by atoms with van der Waals surface area (Å²) in [7, 11) is 0. The molecule has 3 rings (SSSR count). The third kappa shape index (κ3) is 6.94. The number of carbonyl (C=O) groups excluding carboxylic acids is 1. The van der Waals surface area contributed by atoms with Gasteiger partial charge in [0.1, 0.15) is 12.4 Å². The molecule has 0 saturated heterocycles. The summed E-state index contributed by atoms with van der Waals surface area (Å²) in [6.07, 6.45) is 1.06. The van der Waals surface area contributed by atoms with Crippen LogP contribution in [0.4, 0.5) is 11.4 Å². The molecule has 0 fully saturated rings. The highest BCUT2D eigenvalue weighted by Gasteiger charge is 2.20. The molecular formula is C22H17BrN4O6. The Labute approximate surface area is 196 Å². The molecule has 168 valence electrons. The zero-order valence-electron chi connectivity index (χ0n) is 17.0. The summed E-state index contributed by atoms with van der Waals surface area (Å²) in [5, 5.41) is 25.8. The summed E-state index contributed by atoms with van der Waals surface area (Å²) >= 11 is 3.38. The number of ether oxygens (including phenoxy) is 1. The predicted octanol–water partition coefficient (Wildman–Crippen LogP) is 4.54. The number of carbonyl (C=O) groups is 1. The molecule has 33 heavy (non-hydrogen) atoms. The number of amides is 1. The fourth-order valence-electron chi connectivity index (χ4n) is 2.77. The SMILES string of the molecule is O=C(Cc1ccc([N+](=O)[O-])cc1[N+](=O)[O-])NN=Cc1ccc(OCc2ccc(Br)cc2)cc1. The van der Waals surface area contributed by atoms with Crippen molar-refractivity contribution in [2.45, 2.75) is 13.0 Å². The lowest BCUT2D eigenvalue weighted by molar-refractivity contribution is -0.394. The highest BCUT2D eigenvalue weighted by atomic mass is 79.9. The van der Waals surface area contributed by atoms with Crippen LogP contribution >= 0.6 is 15.9 Å². The summed E-state index contributed by atoms with van der Waals surface area (Å²) in [4.78, 5) is 32.5. The third-order valence-corrected chi connectivity index (χ3v) is 4.96. The Hall–Kier alpha value is -4.12. The Morgan fingerprint density at radius 1 is 1.00 bits per heavy atom. The second kappa shape index (κ2) is 11.0. The molecule has 3 aromatic rings. The van der Waals surface area contributed by atoms with Gasteiger partial charge in [-0.2, -0.15) is 5.10 Å². The lowest BCUT2D eigenvalue weighted by Gasteiger charge is -2.06. The van der Waals surface area contributed by atoms with Gasteiger partial charge in [-0.3, -0.25) is 25.0 Å². The number of non-ortho nitro benzene ring substituents is 1. The van der Waals surface area contributed by atoms with Gasteiger partial charge < -0.3 is 4.74 Å². The van der Waals surface area contributed by atoms with Crippen LogP contribution in [0, 0.1) is 20.2 Å². The van der Waals surface area contributed by atoms with Gasteiger partial charge in [0.05, 0.1) is 28.5 Å². The molecule has 0 bridgehead atoms. The first-order valence-electron chi connectivity index (χ1n) is 9.53. The molecule has 10 nitrogen and oxygen atoms in total. The Balaban J connectivity index is 1.53. The number of hydrogen-bond acceptors (Lipinski definition) is 7. The van der Waals surface area contributed by atoms with Crippen LogP contribution in [0.5, 0.6) is 5.75 Å². The number of halogens is 1. The van der Waals surface area contributed by atoms with Crippen molar-refractivity contribution >= 4 is 39.4 Å². The van der Waals surface area contributed by atoms with Crippen molar-refractivity contribution in [3.63, 3.8) is 0 Å². The fraction of sp³-hybridized carbons (Fsp3) is 0.0909. The zero-order valence-corrected chi connectivity index (χ0v) is 18.6. The first-order valence-corrected chi connectivity index (χ1v) is 10.3. The number of hydrazone groups is 1. The van der Waals surface area contributed by atoms with Crippen LogP contribution in [0.25, 0.3) is 0 Å². The Bertz CT molecular complexity index is 1200. The van der Waals surface area contributed by atoms with Gasteiger partial charge in [-0.15, -0.1) is 0 Å². The minimum absolute atomic E-state index is 0.0468. The monoisotopic (exact) mass is 512 g/mol. The molecule has 1 amide bonds. The van der Waals surface area contributed by atoms with Gasteiger partial charge in [-0.05, 0) is 53.6 Å². The molecule has 0 aliphatic carbocycles. The van der Waals surface area contributed by atoms with E-state index in [2.05, 4.69) is 26.5 Å². The number of nitro benzene ring substituents is 2. The molecule has 0 saturated carbocycles. The Morgan fingerprint density at radius 2 is 1.70 bits per heavy atom. The minimum Gasteiger partial charge on any atom is -0.489 e. The van der Waals surface area contributed by atoms with Crippen molar-refractivity contribution in [2.24, 2.45) is 5.10 Å². The maximum absolute atomic E-state index is 12.1. The largest absolute Gasteiger partial charge is 0.489 e. The van der Waals surface area contributed by atoms with E-state index in [4.69, 9.17) is 4.74 Å². The first-order chi connectivity index (χ1) is 15.8. The van der Waals surface area contributed by atoms with Crippen molar-refractivity contribution in [2.75, 3.05) is 0 Å². The van der Waals surface area contributed by atoms with Gasteiger partial charge in [-0.25, -0.2) is 5.43 Å². The molecule has 0 unspecified atom stereocenters. The van der Waals surface area contributed by atoms with Crippen molar-refractivity contribution in [1.29, 1.82) is 0 Å². The second-order valence-corrected chi connectivity index (χ2v) is 7.70. The number of rotatable bonds is 9. The van der Waals surface area contributed by atoms with Gasteiger partial charge >= 0.3 is 0 Å². The molecule has 1 N–H and O–H groups in total. The molecule has 0 radical (unpaired) electrons. The van der Waals surface area contributed by atoms with Gasteiger partial charge in [0.15, 0.2) is 0 Å². The van der Waals surface area contributed by atoms with E-state index in [1.165, 1.54) is 12.3 Å². The lowest BCUT2D eigenvalue weighted by atomic mass is 10.1. The topological polar surface area (TPSA) is 137 Å².